The molecule has 3 rings (SSSR count). The van der Waals surface area contributed by atoms with Crippen molar-refractivity contribution in [3.63, 3.8) is 0 Å². The van der Waals surface area contributed by atoms with Gasteiger partial charge < -0.3 is 9.84 Å². The second kappa shape index (κ2) is 5.14. The number of carbonyl (C=O) groups excluding carboxylic acids is 1. The fourth-order valence-electron chi connectivity index (χ4n) is 1.97. The van der Waals surface area contributed by atoms with E-state index in [1.54, 1.807) is 6.92 Å². The molecule has 3 aromatic rings. The maximum absolute atomic E-state index is 13.6. The average Bonchev–Trinajstić information content (AvgIpc) is 2.79. The quantitative estimate of drug-likeness (QED) is 0.789. The minimum Gasteiger partial charge on any atom is -0.336 e. The van der Waals surface area contributed by atoms with Gasteiger partial charge in [-0.2, -0.15) is 0 Å². The predicted molar refractivity (Wildman–Crippen MR) is 70.8 cm³/mol. The Kier molecular flexibility index (Phi) is 3.28. The summed E-state index contributed by atoms with van der Waals surface area (Å²) in [5.41, 5.74) is 0.155. The first-order valence-electron chi connectivity index (χ1n) is 6.13. The van der Waals surface area contributed by atoms with E-state index in [4.69, 9.17) is 4.52 Å². The van der Waals surface area contributed by atoms with E-state index in [0.29, 0.717) is 23.2 Å². The molecule has 1 N–H and O–H groups in total. The van der Waals surface area contributed by atoms with E-state index in [2.05, 4.69) is 15.5 Å². The first kappa shape index (κ1) is 14.1. The lowest BCUT2D eigenvalue weighted by Gasteiger charge is -2.07. The predicted octanol–water partition coefficient (Wildman–Crippen LogP) is 3.20. The summed E-state index contributed by atoms with van der Waals surface area (Å²) in [5, 5.41) is 6.55. The molecule has 0 aliphatic heterocycles. The van der Waals surface area contributed by atoms with Crippen LogP contribution in [0.5, 0.6) is 0 Å². The topological polar surface area (TPSA) is 68.0 Å². The van der Waals surface area contributed by atoms with Gasteiger partial charge in [-0.15, -0.1) is 0 Å². The normalized spacial score (nSPS) is 10.9. The van der Waals surface area contributed by atoms with Gasteiger partial charge in [0.15, 0.2) is 0 Å². The van der Waals surface area contributed by atoms with Crippen molar-refractivity contribution in [1.29, 1.82) is 0 Å². The Morgan fingerprint density at radius 3 is 2.55 bits per heavy atom. The van der Waals surface area contributed by atoms with Crippen LogP contribution in [0.25, 0.3) is 11.1 Å². The molecule has 2 heterocycles. The monoisotopic (exact) mass is 307 g/mol. The van der Waals surface area contributed by atoms with Crippen molar-refractivity contribution in [3.8, 4) is 0 Å². The molecule has 112 valence electrons. The molecule has 0 aliphatic carbocycles. The van der Waals surface area contributed by atoms with Crippen LogP contribution in [0.4, 0.5) is 18.9 Å². The molecule has 0 bridgehead atoms. The number of nitrogens with one attached hydrogen (secondary N) is 1. The highest BCUT2D eigenvalue weighted by Crippen LogP contribution is 2.21. The van der Waals surface area contributed by atoms with Crippen molar-refractivity contribution in [2.24, 2.45) is 0 Å². The van der Waals surface area contributed by atoms with Crippen molar-refractivity contribution in [1.82, 2.24) is 10.1 Å². The molecule has 2 aromatic heterocycles. The second-order valence-electron chi connectivity index (χ2n) is 4.54. The third kappa shape index (κ3) is 2.39. The molecule has 0 atom stereocenters. The molecule has 1 amide bonds. The van der Waals surface area contributed by atoms with Crippen LogP contribution in [0.2, 0.25) is 0 Å². The number of benzene rings is 1. The number of amides is 1. The van der Waals surface area contributed by atoms with Crippen molar-refractivity contribution in [2.45, 2.75) is 6.92 Å². The van der Waals surface area contributed by atoms with Gasteiger partial charge >= 0.3 is 0 Å². The minimum atomic E-state index is -1.29. The molecule has 0 unspecified atom stereocenters. The van der Waals surface area contributed by atoms with Gasteiger partial charge in [-0.1, -0.05) is 5.16 Å². The zero-order valence-corrected chi connectivity index (χ0v) is 11.2. The maximum atomic E-state index is 13.6. The number of nitrogens with zero attached hydrogens (tertiary/aromatic N) is 2. The van der Waals surface area contributed by atoms with Gasteiger partial charge in [-0.05, 0) is 13.0 Å². The lowest BCUT2D eigenvalue weighted by molar-refractivity contribution is 0.101. The molecule has 0 saturated heterocycles. The Morgan fingerprint density at radius 1 is 1.18 bits per heavy atom. The molecule has 22 heavy (non-hydrogen) atoms. The smallest absolute Gasteiger partial charge is 0.261 e. The van der Waals surface area contributed by atoms with E-state index < -0.39 is 28.9 Å². The molecule has 0 spiro atoms. The van der Waals surface area contributed by atoms with Crippen LogP contribution in [0, 0.1) is 24.4 Å². The van der Waals surface area contributed by atoms with Crippen LogP contribution in [-0.2, 0) is 0 Å². The number of hydrogen-bond donors (Lipinski definition) is 1. The van der Waals surface area contributed by atoms with E-state index in [-0.39, 0.29) is 11.4 Å². The van der Waals surface area contributed by atoms with Gasteiger partial charge in [-0.3, -0.25) is 4.79 Å². The highest BCUT2D eigenvalue weighted by Gasteiger charge is 2.19. The maximum Gasteiger partial charge on any atom is 0.261 e. The van der Waals surface area contributed by atoms with Crippen LogP contribution >= 0.6 is 0 Å². The number of carbonyl (C=O) groups is 1. The summed E-state index contributed by atoms with van der Waals surface area (Å²) in [6, 6.07) is 2.37. The molecular formula is C14H8F3N3O2. The number of pyridine rings is 1. The van der Waals surface area contributed by atoms with Crippen molar-refractivity contribution >= 4 is 22.7 Å². The van der Waals surface area contributed by atoms with Crippen LogP contribution in [0.3, 0.4) is 0 Å². The zero-order valence-electron chi connectivity index (χ0n) is 11.2. The van der Waals surface area contributed by atoms with Crippen LogP contribution in [0.1, 0.15) is 16.1 Å². The van der Waals surface area contributed by atoms with Gasteiger partial charge in [0.2, 0.25) is 0 Å². The number of aryl methyl sites for hydroxylation is 1. The molecule has 0 saturated carbocycles. The van der Waals surface area contributed by atoms with Crippen molar-refractivity contribution in [2.75, 3.05) is 5.32 Å². The highest BCUT2D eigenvalue weighted by atomic mass is 19.1. The first-order valence-corrected chi connectivity index (χ1v) is 6.13. The summed E-state index contributed by atoms with van der Waals surface area (Å²) in [4.78, 5) is 15.9. The Labute approximate surface area is 121 Å². The SMILES string of the molecule is Cc1noc2ncc(NC(=O)c3c(F)cc(F)cc3F)cc12. The number of fused-ring (bicyclic) bond motifs is 1. The van der Waals surface area contributed by atoms with E-state index in [1.165, 1.54) is 12.3 Å². The Hall–Kier alpha value is -2.90. The number of hydrogen-bond acceptors (Lipinski definition) is 4. The summed E-state index contributed by atoms with van der Waals surface area (Å²) < 4.78 is 44.9. The third-order valence-corrected chi connectivity index (χ3v) is 3.00. The van der Waals surface area contributed by atoms with Gasteiger partial charge in [-0.25, -0.2) is 18.2 Å². The molecule has 8 heteroatoms. The van der Waals surface area contributed by atoms with E-state index >= 15 is 0 Å². The van der Waals surface area contributed by atoms with Crippen LogP contribution in [-0.4, -0.2) is 16.0 Å². The molecular weight excluding hydrogens is 299 g/mol. The third-order valence-electron chi connectivity index (χ3n) is 3.00. The number of rotatable bonds is 2. The Balaban J connectivity index is 1.94. The Morgan fingerprint density at radius 2 is 1.86 bits per heavy atom. The van der Waals surface area contributed by atoms with Gasteiger partial charge in [0, 0.05) is 12.1 Å². The van der Waals surface area contributed by atoms with E-state index in [1.807, 2.05) is 0 Å². The highest BCUT2D eigenvalue weighted by molar-refractivity contribution is 6.05. The lowest BCUT2D eigenvalue weighted by atomic mass is 10.1. The summed E-state index contributed by atoms with van der Waals surface area (Å²) >= 11 is 0. The van der Waals surface area contributed by atoms with Gasteiger partial charge in [0.1, 0.15) is 23.0 Å². The lowest BCUT2D eigenvalue weighted by Crippen LogP contribution is -2.16. The van der Waals surface area contributed by atoms with Crippen molar-refractivity contribution < 1.29 is 22.5 Å². The molecule has 0 fully saturated rings. The summed E-state index contributed by atoms with van der Waals surface area (Å²) in [7, 11) is 0. The molecule has 5 nitrogen and oxygen atoms in total. The standard InChI is InChI=1S/C14H8F3N3O2/c1-6-9-4-8(5-18-14(9)22-20-6)19-13(21)12-10(16)2-7(15)3-11(12)17/h2-5H,1H3,(H,19,21). The first-order chi connectivity index (χ1) is 10.5. The second-order valence-corrected chi connectivity index (χ2v) is 4.54. The summed E-state index contributed by atoms with van der Waals surface area (Å²) in [6.45, 7) is 1.68. The Bertz CT molecular complexity index is 869. The number of aromatic nitrogens is 2. The van der Waals surface area contributed by atoms with Crippen LogP contribution in [0.15, 0.2) is 28.9 Å². The molecule has 1 aromatic carbocycles. The molecule has 0 radical (unpaired) electrons. The number of halogens is 3. The van der Waals surface area contributed by atoms with Crippen molar-refractivity contribution in [3.05, 3.63) is 53.1 Å². The van der Waals surface area contributed by atoms with E-state index in [9.17, 15) is 18.0 Å². The largest absolute Gasteiger partial charge is 0.336 e. The molecule has 0 aliphatic rings. The zero-order chi connectivity index (χ0) is 15.9. The van der Waals surface area contributed by atoms with Gasteiger partial charge in [0.25, 0.3) is 11.6 Å². The average molecular weight is 307 g/mol. The fourth-order valence-corrected chi connectivity index (χ4v) is 1.97. The van der Waals surface area contributed by atoms with Crippen LogP contribution < -0.4 is 5.32 Å². The summed E-state index contributed by atoms with van der Waals surface area (Å²) in [5.74, 6) is -4.73. The van der Waals surface area contributed by atoms with Gasteiger partial charge in [0.05, 0.1) is 23.0 Å². The fraction of sp³-hybridized carbons (Fsp3) is 0.0714. The minimum absolute atomic E-state index is 0.201. The summed E-state index contributed by atoms with van der Waals surface area (Å²) in [6.07, 6.45) is 1.25. The van der Waals surface area contributed by atoms with E-state index in [0.717, 1.165) is 0 Å². The number of anilines is 1.